The van der Waals surface area contributed by atoms with E-state index in [1.165, 1.54) is 12.1 Å². The van der Waals surface area contributed by atoms with Crippen LogP contribution >= 0.6 is 0 Å². The summed E-state index contributed by atoms with van der Waals surface area (Å²) in [6, 6.07) is 6.35. The minimum absolute atomic E-state index is 0.0638. The number of sulfonamides is 1. The van der Waals surface area contributed by atoms with Crippen LogP contribution in [0.4, 0.5) is 5.69 Å². The largest absolute Gasteiger partial charge is 0.299 e. The highest BCUT2D eigenvalue weighted by Crippen LogP contribution is 2.22. The van der Waals surface area contributed by atoms with E-state index in [1.54, 1.807) is 12.1 Å². The summed E-state index contributed by atoms with van der Waals surface area (Å²) in [7, 11) is -3.48. The molecule has 1 amide bonds. The summed E-state index contributed by atoms with van der Waals surface area (Å²) in [6.45, 7) is 8.97. The Morgan fingerprint density at radius 1 is 1.21 bits per heavy atom. The minimum Gasteiger partial charge on any atom is -0.299 e. The van der Waals surface area contributed by atoms with Gasteiger partial charge < -0.3 is 0 Å². The fraction of sp³-hybridized carbons (Fsp3) is 0.500. The average molecular weight is 420 g/mol. The van der Waals surface area contributed by atoms with Crippen LogP contribution in [-0.4, -0.2) is 30.1 Å². The summed E-state index contributed by atoms with van der Waals surface area (Å²) >= 11 is 0. The summed E-state index contributed by atoms with van der Waals surface area (Å²) < 4.78 is 29.0. The van der Waals surface area contributed by atoms with E-state index in [1.807, 2.05) is 18.5 Å². The van der Waals surface area contributed by atoms with Gasteiger partial charge in [-0.25, -0.2) is 13.1 Å². The van der Waals surface area contributed by atoms with Gasteiger partial charge in [-0.3, -0.25) is 20.3 Å². The van der Waals surface area contributed by atoms with Gasteiger partial charge in [-0.2, -0.15) is 5.10 Å². The van der Waals surface area contributed by atoms with Gasteiger partial charge in [-0.15, -0.1) is 0 Å². The van der Waals surface area contributed by atoms with Crippen LogP contribution in [0.3, 0.4) is 0 Å². The van der Waals surface area contributed by atoms with Gasteiger partial charge >= 0.3 is 0 Å². The lowest BCUT2D eigenvalue weighted by atomic mass is 10.1. The summed E-state index contributed by atoms with van der Waals surface area (Å²) in [5.41, 5.74) is 8.89. The number of hydrogen-bond acceptors (Lipinski definition) is 5. The van der Waals surface area contributed by atoms with Gasteiger partial charge in [0.1, 0.15) is 0 Å². The van der Waals surface area contributed by atoms with E-state index in [0.717, 1.165) is 36.3 Å². The van der Waals surface area contributed by atoms with Crippen LogP contribution in [0.15, 0.2) is 29.2 Å². The van der Waals surface area contributed by atoms with Gasteiger partial charge in [0.15, 0.2) is 0 Å². The van der Waals surface area contributed by atoms with Gasteiger partial charge in [-0.1, -0.05) is 13.8 Å². The van der Waals surface area contributed by atoms with E-state index >= 15 is 0 Å². The fourth-order valence-electron chi connectivity index (χ4n) is 3.07. The first kappa shape index (κ1) is 21.3. The molecule has 1 aliphatic carbocycles. The van der Waals surface area contributed by atoms with E-state index < -0.39 is 10.0 Å². The number of nitrogens with one attached hydrogen (secondary N) is 3. The molecule has 0 aliphatic heterocycles. The second kappa shape index (κ2) is 8.54. The molecule has 9 heteroatoms. The molecule has 158 valence electrons. The van der Waals surface area contributed by atoms with Crippen LogP contribution < -0.4 is 15.6 Å². The third kappa shape index (κ3) is 5.57. The van der Waals surface area contributed by atoms with Crippen molar-refractivity contribution in [2.75, 3.05) is 5.43 Å². The summed E-state index contributed by atoms with van der Waals surface area (Å²) in [5, 5.41) is 4.53. The lowest BCUT2D eigenvalue weighted by Gasteiger charge is -2.11. The highest BCUT2D eigenvalue weighted by atomic mass is 32.2. The summed E-state index contributed by atoms with van der Waals surface area (Å²) in [6.07, 6.45) is 2.00. The lowest BCUT2D eigenvalue weighted by Crippen LogP contribution is -2.31. The second-order valence-electron chi connectivity index (χ2n) is 8.00. The third-order valence-electron chi connectivity index (χ3n) is 4.82. The number of hydrazine groups is 1. The Bertz CT molecular complexity index is 976. The number of rotatable bonds is 9. The Labute approximate surface area is 172 Å². The number of carbonyl (C=O) groups is 1. The van der Waals surface area contributed by atoms with Crippen molar-refractivity contribution in [3.05, 3.63) is 41.2 Å². The number of aromatic nitrogens is 2. The molecule has 1 aromatic carbocycles. The number of nitrogens with zero attached hydrogens (tertiary/aromatic N) is 2. The number of carbonyl (C=O) groups excluding carboxylic acids is 1. The second-order valence-corrected chi connectivity index (χ2v) is 9.71. The average Bonchev–Trinajstić information content (AvgIpc) is 3.42. The van der Waals surface area contributed by atoms with E-state index in [-0.39, 0.29) is 23.3 Å². The zero-order chi connectivity index (χ0) is 21.2. The topological polar surface area (TPSA) is 105 Å². The van der Waals surface area contributed by atoms with Gasteiger partial charge in [0, 0.05) is 23.8 Å². The predicted octanol–water partition coefficient (Wildman–Crippen LogP) is 2.28. The first-order chi connectivity index (χ1) is 13.7. The zero-order valence-corrected chi connectivity index (χ0v) is 18.1. The molecule has 0 atom stereocenters. The maximum Gasteiger partial charge on any atom is 0.242 e. The van der Waals surface area contributed by atoms with E-state index in [0.29, 0.717) is 11.6 Å². The molecule has 1 fully saturated rings. The molecule has 0 spiro atoms. The van der Waals surface area contributed by atoms with Gasteiger partial charge in [0.25, 0.3) is 0 Å². The smallest absolute Gasteiger partial charge is 0.242 e. The molecule has 8 nitrogen and oxygen atoms in total. The Kier molecular flexibility index (Phi) is 6.28. The SMILES string of the molecule is Cc1nn(CC(C)C)c(C)c1CC(=O)NNc1ccc(S(=O)(=O)NC2CC2)cc1. The minimum atomic E-state index is -3.48. The van der Waals surface area contributed by atoms with Crippen molar-refractivity contribution >= 4 is 21.6 Å². The lowest BCUT2D eigenvalue weighted by molar-refractivity contribution is -0.119. The molecule has 1 aliphatic rings. The Balaban J connectivity index is 1.56. The molecule has 3 rings (SSSR count). The van der Waals surface area contributed by atoms with Crippen LogP contribution in [0.25, 0.3) is 0 Å². The van der Waals surface area contributed by atoms with E-state index in [4.69, 9.17) is 0 Å². The van der Waals surface area contributed by atoms with Crippen LogP contribution in [0, 0.1) is 19.8 Å². The summed E-state index contributed by atoms with van der Waals surface area (Å²) in [5.74, 6) is 0.287. The Morgan fingerprint density at radius 2 is 1.86 bits per heavy atom. The van der Waals surface area contributed by atoms with Crippen LogP contribution in [0.5, 0.6) is 0 Å². The molecule has 29 heavy (non-hydrogen) atoms. The maximum absolute atomic E-state index is 12.4. The number of amides is 1. The third-order valence-corrected chi connectivity index (χ3v) is 6.35. The maximum atomic E-state index is 12.4. The Hall–Kier alpha value is -2.39. The molecule has 2 aromatic rings. The zero-order valence-electron chi connectivity index (χ0n) is 17.3. The molecule has 0 radical (unpaired) electrons. The predicted molar refractivity (Wildman–Crippen MR) is 112 cm³/mol. The van der Waals surface area contributed by atoms with Crippen molar-refractivity contribution in [1.82, 2.24) is 19.9 Å². The van der Waals surface area contributed by atoms with Crippen molar-refractivity contribution in [2.24, 2.45) is 5.92 Å². The Morgan fingerprint density at radius 3 is 2.45 bits per heavy atom. The standard InChI is InChI=1S/C20H29N5O3S/c1-13(2)12-25-15(4)19(14(3)23-25)11-20(26)22-21-16-7-9-18(10-8-16)29(27,28)24-17-5-6-17/h7-10,13,17,21,24H,5-6,11-12H2,1-4H3,(H,22,26). The number of anilines is 1. The molecule has 1 aromatic heterocycles. The summed E-state index contributed by atoms with van der Waals surface area (Å²) in [4.78, 5) is 12.6. The highest BCUT2D eigenvalue weighted by molar-refractivity contribution is 7.89. The highest BCUT2D eigenvalue weighted by Gasteiger charge is 2.27. The van der Waals surface area contributed by atoms with Crippen molar-refractivity contribution in [3.63, 3.8) is 0 Å². The van der Waals surface area contributed by atoms with E-state index in [2.05, 4.69) is 34.5 Å². The fourth-order valence-corrected chi connectivity index (χ4v) is 4.37. The molecule has 0 bridgehead atoms. The normalized spacial score (nSPS) is 14.2. The van der Waals surface area contributed by atoms with Crippen molar-refractivity contribution in [3.8, 4) is 0 Å². The molecule has 3 N–H and O–H groups in total. The van der Waals surface area contributed by atoms with Crippen LogP contribution in [0.2, 0.25) is 0 Å². The molecule has 0 unspecified atom stereocenters. The number of benzene rings is 1. The quantitative estimate of drug-likeness (QED) is 0.541. The molecule has 0 saturated heterocycles. The van der Waals surface area contributed by atoms with Crippen molar-refractivity contribution < 1.29 is 13.2 Å². The van der Waals surface area contributed by atoms with Gasteiger partial charge in [0.05, 0.1) is 22.7 Å². The number of hydrogen-bond donors (Lipinski definition) is 3. The van der Waals surface area contributed by atoms with Gasteiger partial charge in [-0.05, 0) is 56.9 Å². The van der Waals surface area contributed by atoms with Crippen molar-refractivity contribution in [2.45, 2.75) is 64.4 Å². The van der Waals surface area contributed by atoms with Crippen LogP contribution in [-0.2, 0) is 27.8 Å². The molecular formula is C20H29N5O3S. The molecule has 1 saturated carbocycles. The van der Waals surface area contributed by atoms with Gasteiger partial charge in [0.2, 0.25) is 15.9 Å². The monoisotopic (exact) mass is 419 g/mol. The van der Waals surface area contributed by atoms with E-state index in [9.17, 15) is 13.2 Å². The number of aryl methyl sites for hydroxylation is 1. The first-order valence-corrected chi connectivity index (χ1v) is 11.3. The molecule has 1 heterocycles. The van der Waals surface area contributed by atoms with Crippen LogP contribution in [0.1, 0.15) is 43.6 Å². The first-order valence-electron chi connectivity index (χ1n) is 9.86. The molecular weight excluding hydrogens is 390 g/mol. The van der Waals surface area contributed by atoms with Crippen molar-refractivity contribution in [1.29, 1.82) is 0 Å².